The number of urea groups is 1. The average molecular weight is 474 g/mol. The quantitative estimate of drug-likeness (QED) is 0.620. The standard InChI is InChI=1S/C25H39N5O4/c1-25(2,3)34-24(33)29-17-15-28(16-18-29)13-8-12-26-22(31)20-9-7-14-30(19-20)23(32)27-21-10-5-4-6-11-21/h4-6,10-11,20H,7-9,12-19H2,1-3H3,(H,26,31)(H,27,32). The molecule has 0 spiro atoms. The molecule has 1 aromatic carbocycles. The smallest absolute Gasteiger partial charge is 0.410 e. The van der Waals surface area contributed by atoms with E-state index >= 15 is 0 Å². The van der Waals surface area contributed by atoms with Crippen molar-refractivity contribution in [3.8, 4) is 0 Å². The molecule has 2 saturated heterocycles. The van der Waals surface area contributed by atoms with Gasteiger partial charge in [0, 0.05) is 51.5 Å². The van der Waals surface area contributed by atoms with Crippen molar-refractivity contribution >= 4 is 23.7 Å². The molecule has 188 valence electrons. The number of likely N-dealkylation sites (tertiary alicyclic amines) is 1. The van der Waals surface area contributed by atoms with Crippen LogP contribution in [-0.2, 0) is 9.53 Å². The molecule has 2 heterocycles. The van der Waals surface area contributed by atoms with E-state index in [1.807, 2.05) is 51.1 Å². The Kier molecular flexibility index (Phi) is 9.15. The minimum absolute atomic E-state index is 0.0203. The van der Waals surface area contributed by atoms with Gasteiger partial charge in [-0.2, -0.15) is 0 Å². The molecule has 2 aliphatic heterocycles. The number of carbonyl (C=O) groups excluding carboxylic acids is 3. The van der Waals surface area contributed by atoms with E-state index in [-0.39, 0.29) is 23.9 Å². The number of carbonyl (C=O) groups is 3. The van der Waals surface area contributed by atoms with Gasteiger partial charge < -0.3 is 25.2 Å². The van der Waals surface area contributed by atoms with Gasteiger partial charge in [0.1, 0.15) is 5.60 Å². The van der Waals surface area contributed by atoms with Crippen molar-refractivity contribution < 1.29 is 19.1 Å². The maximum atomic E-state index is 12.7. The third-order valence-corrected chi connectivity index (χ3v) is 6.08. The highest BCUT2D eigenvalue weighted by atomic mass is 16.6. The highest BCUT2D eigenvalue weighted by Gasteiger charge is 2.29. The van der Waals surface area contributed by atoms with Crippen molar-refractivity contribution in [2.45, 2.75) is 45.6 Å². The van der Waals surface area contributed by atoms with Crippen molar-refractivity contribution in [2.24, 2.45) is 5.92 Å². The molecular weight excluding hydrogens is 434 g/mol. The Bertz CT molecular complexity index is 818. The topological polar surface area (TPSA) is 94.2 Å². The second kappa shape index (κ2) is 12.1. The fraction of sp³-hybridized carbons (Fsp3) is 0.640. The first kappa shape index (κ1) is 25.8. The molecule has 1 unspecified atom stereocenters. The van der Waals surface area contributed by atoms with Crippen molar-refractivity contribution in [3.05, 3.63) is 30.3 Å². The van der Waals surface area contributed by atoms with Crippen molar-refractivity contribution in [2.75, 3.05) is 57.7 Å². The number of nitrogens with zero attached hydrogens (tertiary/aromatic N) is 3. The van der Waals surface area contributed by atoms with Crippen molar-refractivity contribution in [3.63, 3.8) is 0 Å². The number of rotatable bonds is 6. The molecule has 2 fully saturated rings. The predicted molar refractivity (Wildman–Crippen MR) is 132 cm³/mol. The second-order valence-electron chi connectivity index (χ2n) is 10.0. The number of hydrogen-bond donors (Lipinski definition) is 2. The van der Waals surface area contributed by atoms with E-state index in [0.29, 0.717) is 32.7 Å². The number of ether oxygens (including phenoxy) is 1. The monoisotopic (exact) mass is 473 g/mol. The van der Waals surface area contributed by atoms with Crippen LogP contribution in [0.1, 0.15) is 40.0 Å². The molecule has 0 saturated carbocycles. The number of piperidine rings is 1. The summed E-state index contributed by atoms with van der Waals surface area (Å²) in [4.78, 5) is 43.2. The van der Waals surface area contributed by atoms with E-state index in [2.05, 4.69) is 15.5 Å². The molecule has 34 heavy (non-hydrogen) atoms. The van der Waals surface area contributed by atoms with Gasteiger partial charge in [0.05, 0.1) is 5.92 Å². The molecule has 0 aliphatic carbocycles. The molecule has 0 bridgehead atoms. The first-order chi connectivity index (χ1) is 16.2. The van der Waals surface area contributed by atoms with Gasteiger partial charge in [0.15, 0.2) is 0 Å². The number of benzene rings is 1. The summed E-state index contributed by atoms with van der Waals surface area (Å²) in [6, 6.07) is 9.20. The van der Waals surface area contributed by atoms with E-state index in [0.717, 1.165) is 44.6 Å². The van der Waals surface area contributed by atoms with E-state index in [1.165, 1.54) is 0 Å². The molecule has 2 aliphatic rings. The third-order valence-electron chi connectivity index (χ3n) is 6.08. The van der Waals surface area contributed by atoms with Gasteiger partial charge in [-0.05, 0) is 58.7 Å². The maximum Gasteiger partial charge on any atom is 0.410 e. The van der Waals surface area contributed by atoms with Crippen LogP contribution in [0, 0.1) is 5.92 Å². The molecule has 4 amide bonds. The van der Waals surface area contributed by atoms with E-state index in [1.54, 1.807) is 9.80 Å². The number of nitrogens with one attached hydrogen (secondary N) is 2. The minimum atomic E-state index is -0.479. The summed E-state index contributed by atoms with van der Waals surface area (Å²) in [7, 11) is 0. The number of amides is 4. The van der Waals surface area contributed by atoms with Gasteiger partial charge >= 0.3 is 12.1 Å². The van der Waals surface area contributed by atoms with Gasteiger partial charge in [-0.15, -0.1) is 0 Å². The molecule has 1 atom stereocenters. The van der Waals surface area contributed by atoms with Crippen LogP contribution in [-0.4, -0.2) is 90.7 Å². The number of piperazine rings is 1. The Morgan fingerprint density at radius 3 is 2.38 bits per heavy atom. The summed E-state index contributed by atoms with van der Waals surface area (Å²) in [5.74, 6) is -0.153. The fourth-order valence-electron chi connectivity index (χ4n) is 4.24. The van der Waals surface area contributed by atoms with Crippen LogP contribution in [0.25, 0.3) is 0 Å². The Morgan fingerprint density at radius 2 is 1.71 bits per heavy atom. The predicted octanol–water partition coefficient (Wildman–Crippen LogP) is 2.99. The lowest BCUT2D eigenvalue weighted by molar-refractivity contribution is -0.126. The van der Waals surface area contributed by atoms with Gasteiger partial charge in [0.2, 0.25) is 5.91 Å². The lowest BCUT2D eigenvalue weighted by atomic mass is 9.97. The van der Waals surface area contributed by atoms with Crippen LogP contribution in [0.3, 0.4) is 0 Å². The van der Waals surface area contributed by atoms with Crippen molar-refractivity contribution in [1.29, 1.82) is 0 Å². The first-order valence-corrected chi connectivity index (χ1v) is 12.3. The lowest BCUT2D eigenvalue weighted by Gasteiger charge is -2.35. The Morgan fingerprint density at radius 1 is 1.00 bits per heavy atom. The summed E-state index contributed by atoms with van der Waals surface area (Å²) in [5.41, 5.74) is 0.277. The summed E-state index contributed by atoms with van der Waals surface area (Å²) >= 11 is 0. The SMILES string of the molecule is CC(C)(C)OC(=O)N1CCN(CCCNC(=O)C2CCCN(C(=O)Nc3ccccc3)C2)CC1. The van der Waals surface area contributed by atoms with Gasteiger partial charge in [-0.25, -0.2) is 9.59 Å². The molecular formula is C25H39N5O4. The second-order valence-corrected chi connectivity index (χ2v) is 10.0. The van der Waals surface area contributed by atoms with Gasteiger partial charge in [0.25, 0.3) is 0 Å². The summed E-state index contributed by atoms with van der Waals surface area (Å²) in [5, 5.41) is 5.94. The zero-order chi connectivity index (χ0) is 24.6. The van der Waals surface area contributed by atoms with Crippen LogP contribution in [0.5, 0.6) is 0 Å². The molecule has 0 radical (unpaired) electrons. The summed E-state index contributed by atoms with van der Waals surface area (Å²) in [6.45, 7) is 11.1. The molecule has 9 nitrogen and oxygen atoms in total. The van der Waals surface area contributed by atoms with E-state index in [9.17, 15) is 14.4 Å². The van der Waals surface area contributed by atoms with Crippen LogP contribution in [0.2, 0.25) is 0 Å². The Labute approximate surface area is 202 Å². The number of hydrogen-bond acceptors (Lipinski definition) is 5. The highest BCUT2D eigenvalue weighted by Crippen LogP contribution is 2.18. The number of anilines is 1. The van der Waals surface area contributed by atoms with Gasteiger partial charge in [-0.3, -0.25) is 9.69 Å². The van der Waals surface area contributed by atoms with Crippen LogP contribution in [0.15, 0.2) is 30.3 Å². The fourth-order valence-corrected chi connectivity index (χ4v) is 4.24. The third kappa shape index (κ3) is 8.20. The van der Waals surface area contributed by atoms with Crippen LogP contribution < -0.4 is 10.6 Å². The van der Waals surface area contributed by atoms with Gasteiger partial charge in [-0.1, -0.05) is 18.2 Å². The summed E-state index contributed by atoms with van der Waals surface area (Å²) in [6.07, 6.45) is 2.22. The zero-order valence-electron chi connectivity index (χ0n) is 20.7. The molecule has 9 heteroatoms. The largest absolute Gasteiger partial charge is 0.444 e. The number of para-hydroxylation sites is 1. The van der Waals surface area contributed by atoms with Crippen LogP contribution >= 0.6 is 0 Å². The molecule has 2 N–H and O–H groups in total. The molecule has 0 aromatic heterocycles. The lowest BCUT2D eigenvalue weighted by Crippen LogP contribution is -2.50. The van der Waals surface area contributed by atoms with E-state index in [4.69, 9.17) is 4.74 Å². The minimum Gasteiger partial charge on any atom is -0.444 e. The summed E-state index contributed by atoms with van der Waals surface area (Å²) < 4.78 is 5.44. The first-order valence-electron chi connectivity index (χ1n) is 12.3. The Hall–Kier alpha value is -2.81. The van der Waals surface area contributed by atoms with Crippen molar-refractivity contribution in [1.82, 2.24) is 20.0 Å². The average Bonchev–Trinajstić information content (AvgIpc) is 2.81. The normalized spacial score (nSPS) is 19.4. The highest BCUT2D eigenvalue weighted by molar-refractivity contribution is 5.90. The zero-order valence-corrected chi connectivity index (χ0v) is 20.7. The maximum absolute atomic E-state index is 12.7. The molecule has 3 rings (SSSR count). The van der Waals surface area contributed by atoms with Crippen LogP contribution in [0.4, 0.5) is 15.3 Å². The molecule has 1 aromatic rings. The van der Waals surface area contributed by atoms with E-state index < -0.39 is 5.60 Å². The Balaban J connectivity index is 1.31.